The molecular weight excluding hydrogens is 298 g/mol. The summed E-state index contributed by atoms with van der Waals surface area (Å²) >= 11 is 3.41. The van der Waals surface area contributed by atoms with Crippen LogP contribution in [0.2, 0.25) is 0 Å². The first-order valence-corrected chi connectivity index (χ1v) is 6.36. The van der Waals surface area contributed by atoms with Crippen LogP contribution in [0.5, 0.6) is 5.75 Å². The third-order valence-electron chi connectivity index (χ3n) is 2.99. The molecule has 0 aliphatic rings. The fourth-order valence-corrected chi connectivity index (χ4v) is 2.09. The predicted octanol–water partition coefficient (Wildman–Crippen LogP) is 3.15. The summed E-state index contributed by atoms with van der Waals surface area (Å²) in [5, 5.41) is 8.96. The first-order chi connectivity index (χ1) is 8.27. The van der Waals surface area contributed by atoms with Gasteiger partial charge in [0.2, 0.25) is 0 Å². The summed E-state index contributed by atoms with van der Waals surface area (Å²) in [4.78, 5) is 12.8. The van der Waals surface area contributed by atoms with E-state index in [0.29, 0.717) is 0 Å². The molecule has 4 nitrogen and oxygen atoms in total. The minimum absolute atomic E-state index is 0.0547. The van der Waals surface area contributed by atoms with E-state index in [1.807, 2.05) is 44.0 Å². The number of hydrogen-bond donors (Lipinski definition) is 1. The maximum atomic E-state index is 10.9. The fourth-order valence-electron chi connectivity index (χ4n) is 1.74. The van der Waals surface area contributed by atoms with E-state index in [9.17, 15) is 4.79 Å². The van der Waals surface area contributed by atoms with Gasteiger partial charge < -0.3 is 14.7 Å². The largest absolute Gasteiger partial charge is 0.495 e. The van der Waals surface area contributed by atoms with Gasteiger partial charge in [0.05, 0.1) is 19.2 Å². The van der Waals surface area contributed by atoms with Crippen molar-refractivity contribution in [3.8, 4) is 5.75 Å². The number of anilines is 1. The highest BCUT2D eigenvalue weighted by Crippen LogP contribution is 2.35. The van der Waals surface area contributed by atoms with Crippen LogP contribution in [0.4, 0.5) is 5.69 Å². The van der Waals surface area contributed by atoms with Gasteiger partial charge in [-0.05, 0) is 32.0 Å². The molecule has 1 aromatic carbocycles. The molecule has 0 radical (unpaired) electrons. The molecule has 0 aromatic heterocycles. The zero-order chi connectivity index (χ0) is 13.9. The van der Waals surface area contributed by atoms with Gasteiger partial charge in [-0.2, -0.15) is 0 Å². The second-order valence-electron chi connectivity index (χ2n) is 4.76. The fraction of sp³-hybridized carbons (Fsp3) is 0.462. The number of hydrogen-bond acceptors (Lipinski definition) is 3. The van der Waals surface area contributed by atoms with Gasteiger partial charge in [0.15, 0.2) is 0 Å². The van der Waals surface area contributed by atoms with Crippen molar-refractivity contribution in [1.29, 1.82) is 0 Å². The summed E-state index contributed by atoms with van der Waals surface area (Å²) in [5.74, 6) is -0.0972. The highest BCUT2D eigenvalue weighted by atomic mass is 79.9. The zero-order valence-electron chi connectivity index (χ0n) is 11.0. The van der Waals surface area contributed by atoms with Crippen LogP contribution in [0.15, 0.2) is 22.7 Å². The lowest BCUT2D eigenvalue weighted by atomic mass is 9.98. The van der Waals surface area contributed by atoms with E-state index >= 15 is 0 Å². The molecule has 0 heterocycles. The molecule has 0 fully saturated rings. The van der Waals surface area contributed by atoms with Crippen molar-refractivity contribution in [2.75, 3.05) is 19.1 Å². The maximum Gasteiger partial charge on any atom is 0.305 e. The standard InChI is InChI=1S/C13H18BrNO3/c1-13(2,8-12(16)17)15(3)10-7-9(14)5-6-11(10)18-4/h5-7H,8H2,1-4H3,(H,16,17). The Morgan fingerprint density at radius 2 is 2.11 bits per heavy atom. The van der Waals surface area contributed by atoms with Gasteiger partial charge in [-0.3, -0.25) is 4.79 Å². The number of carbonyl (C=O) groups is 1. The van der Waals surface area contributed by atoms with E-state index in [-0.39, 0.29) is 6.42 Å². The van der Waals surface area contributed by atoms with Crippen LogP contribution in [0, 0.1) is 0 Å². The predicted molar refractivity (Wildman–Crippen MR) is 75.4 cm³/mol. The second kappa shape index (κ2) is 5.61. The maximum absolute atomic E-state index is 10.9. The Bertz CT molecular complexity index is 446. The molecule has 18 heavy (non-hydrogen) atoms. The highest BCUT2D eigenvalue weighted by molar-refractivity contribution is 9.10. The molecule has 0 spiro atoms. The molecule has 1 aromatic rings. The van der Waals surface area contributed by atoms with Crippen molar-refractivity contribution in [2.45, 2.75) is 25.8 Å². The monoisotopic (exact) mass is 315 g/mol. The summed E-state index contributed by atoms with van der Waals surface area (Å²) in [5.41, 5.74) is 0.359. The summed E-state index contributed by atoms with van der Waals surface area (Å²) in [6.45, 7) is 3.78. The Morgan fingerprint density at radius 3 is 2.61 bits per heavy atom. The van der Waals surface area contributed by atoms with Crippen LogP contribution in [0.25, 0.3) is 0 Å². The molecule has 5 heteroatoms. The van der Waals surface area contributed by atoms with Gasteiger partial charge in [-0.25, -0.2) is 0 Å². The first kappa shape index (κ1) is 14.8. The van der Waals surface area contributed by atoms with Crippen molar-refractivity contribution in [1.82, 2.24) is 0 Å². The minimum Gasteiger partial charge on any atom is -0.495 e. The molecule has 0 bridgehead atoms. The lowest BCUT2D eigenvalue weighted by Crippen LogP contribution is -2.43. The average molecular weight is 316 g/mol. The number of benzene rings is 1. The van der Waals surface area contributed by atoms with Gasteiger partial charge in [0.1, 0.15) is 5.75 Å². The Hall–Kier alpha value is -1.23. The second-order valence-corrected chi connectivity index (χ2v) is 5.67. The Kier molecular flexibility index (Phi) is 4.62. The minimum atomic E-state index is -0.819. The van der Waals surface area contributed by atoms with Gasteiger partial charge in [-0.15, -0.1) is 0 Å². The molecular formula is C13H18BrNO3. The van der Waals surface area contributed by atoms with E-state index in [2.05, 4.69) is 15.9 Å². The van der Waals surface area contributed by atoms with Gasteiger partial charge in [0.25, 0.3) is 0 Å². The van der Waals surface area contributed by atoms with Crippen molar-refractivity contribution in [3.63, 3.8) is 0 Å². The molecule has 0 saturated carbocycles. The van der Waals surface area contributed by atoms with E-state index in [4.69, 9.17) is 9.84 Å². The van der Waals surface area contributed by atoms with Crippen LogP contribution >= 0.6 is 15.9 Å². The normalized spacial score (nSPS) is 11.2. The summed E-state index contributed by atoms with van der Waals surface area (Å²) < 4.78 is 6.24. The quantitative estimate of drug-likeness (QED) is 0.906. The highest BCUT2D eigenvalue weighted by Gasteiger charge is 2.28. The van der Waals surface area contributed by atoms with Crippen molar-refractivity contribution in [2.24, 2.45) is 0 Å². The van der Waals surface area contributed by atoms with Crippen molar-refractivity contribution < 1.29 is 14.6 Å². The zero-order valence-corrected chi connectivity index (χ0v) is 12.6. The Labute approximate surface area is 116 Å². The van der Waals surface area contributed by atoms with Crippen molar-refractivity contribution >= 4 is 27.6 Å². The number of rotatable bonds is 5. The average Bonchev–Trinajstić information content (AvgIpc) is 2.26. The van der Waals surface area contributed by atoms with Crippen LogP contribution in [-0.2, 0) is 4.79 Å². The summed E-state index contributed by atoms with van der Waals surface area (Å²) in [6, 6.07) is 5.66. The van der Waals surface area contributed by atoms with Crippen LogP contribution < -0.4 is 9.64 Å². The molecule has 0 amide bonds. The van der Waals surface area contributed by atoms with E-state index in [0.717, 1.165) is 15.9 Å². The van der Waals surface area contributed by atoms with E-state index < -0.39 is 11.5 Å². The van der Waals surface area contributed by atoms with Crippen molar-refractivity contribution in [3.05, 3.63) is 22.7 Å². The van der Waals surface area contributed by atoms with E-state index in [1.54, 1.807) is 7.11 Å². The molecule has 0 aliphatic heterocycles. The molecule has 0 saturated heterocycles. The number of nitrogens with zero attached hydrogens (tertiary/aromatic N) is 1. The Balaban J connectivity index is 3.12. The third kappa shape index (κ3) is 3.38. The van der Waals surface area contributed by atoms with Crippen LogP contribution in [-0.4, -0.2) is 30.8 Å². The van der Waals surface area contributed by atoms with Gasteiger partial charge in [0, 0.05) is 17.1 Å². The van der Waals surface area contributed by atoms with Crippen LogP contribution in [0.1, 0.15) is 20.3 Å². The molecule has 1 N–H and O–H groups in total. The number of halogens is 1. The smallest absolute Gasteiger partial charge is 0.305 e. The lowest BCUT2D eigenvalue weighted by molar-refractivity contribution is -0.138. The molecule has 0 atom stereocenters. The number of carboxylic acids is 1. The molecule has 1 rings (SSSR count). The Morgan fingerprint density at radius 1 is 1.50 bits per heavy atom. The van der Waals surface area contributed by atoms with Gasteiger partial charge in [-0.1, -0.05) is 15.9 Å². The molecule has 100 valence electrons. The van der Waals surface area contributed by atoms with Gasteiger partial charge >= 0.3 is 5.97 Å². The van der Waals surface area contributed by atoms with E-state index in [1.165, 1.54) is 0 Å². The summed E-state index contributed by atoms with van der Waals surface area (Å²) in [6.07, 6.45) is 0.0547. The first-order valence-electron chi connectivity index (χ1n) is 5.57. The molecule has 0 unspecified atom stereocenters. The number of methoxy groups -OCH3 is 1. The topological polar surface area (TPSA) is 49.8 Å². The summed E-state index contributed by atoms with van der Waals surface area (Å²) in [7, 11) is 3.47. The van der Waals surface area contributed by atoms with Crippen LogP contribution in [0.3, 0.4) is 0 Å². The number of ether oxygens (including phenoxy) is 1. The third-order valence-corrected chi connectivity index (χ3v) is 3.49. The SMILES string of the molecule is COc1ccc(Br)cc1N(C)C(C)(C)CC(=O)O. The molecule has 0 aliphatic carbocycles. The number of aliphatic carboxylic acids is 1. The number of carboxylic acid groups (broad SMARTS) is 1. The lowest BCUT2D eigenvalue weighted by Gasteiger charge is -2.37.